The predicted octanol–water partition coefficient (Wildman–Crippen LogP) is 2.00. The van der Waals surface area contributed by atoms with Gasteiger partial charge in [-0.3, -0.25) is 15.3 Å². The average Bonchev–Trinajstić information content (AvgIpc) is 3.25. The summed E-state index contributed by atoms with van der Waals surface area (Å²) in [5, 5.41) is 10.9. The minimum atomic E-state index is -0.282. The number of rotatable bonds is 3. The third-order valence-corrected chi connectivity index (χ3v) is 4.21. The first-order chi connectivity index (χ1) is 11.2. The molecule has 0 saturated heterocycles. The summed E-state index contributed by atoms with van der Waals surface area (Å²) in [7, 11) is 0. The van der Waals surface area contributed by atoms with Crippen molar-refractivity contribution in [2.45, 2.75) is 19.3 Å². The van der Waals surface area contributed by atoms with Gasteiger partial charge in [0.05, 0.1) is 5.69 Å². The van der Waals surface area contributed by atoms with Gasteiger partial charge < -0.3 is 0 Å². The molecule has 1 aromatic carbocycles. The number of hydrogen-bond acceptors (Lipinski definition) is 4. The summed E-state index contributed by atoms with van der Waals surface area (Å²) in [6.45, 7) is 0. The van der Waals surface area contributed by atoms with Gasteiger partial charge in [-0.25, -0.2) is 9.36 Å². The van der Waals surface area contributed by atoms with Gasteiger partial charge in [0.1, 0.15) is 6.33 Å². The van der Waals surface area contributed by atoms with Crippen molar-refractivity contribution in [2.75, 3.05) is 5.43 Å². The van der Waals surface area contributed by atoms with Gasteiger partial charge in [0.2, 0.25) is 4.77 Å². The van der Waals surface area contributed by atoms with Gasteiger partial charge in [-0.15, -0.1) is 0 Å². The Morgan fingerprint density at radius 2 is 2.09 bits per heavy atom. The maximum absolute atomic E-state index is 12.6. The lowest BCUT2D eigenvalue weighted by Crippen LogP contribution is -2.23. The molecule has 0 bridgehead atoms. The zero-order chi connectivity index (χ0) is 15.8. The molecule has 3 aromatic rings. The van der Waals surface area contributed by atoms with Gasteiger partial charge in [-0.05, 0) is 43.6 Å². The Morgan fingerprint density at radius 3 is 2.83 bits per heavy atom. The Hall–Kier alpha value is -2.74. The summed E-state index contributed by atoms with van der Waals surface area (Å²) in [5.41, 5.74) is 6.24. The minimum absolute atomic E-state index is 0.282. The van der Waals surface area contributed by atoms with Crippen molar-refractivity contribution in [3.63, 3.8) is 0 Å². The van der Waals surface area contributed by atoms with Crippen LogP contribution >= 0.6 is 12.2 Å². The van der Waals surface area contributed by atoms with Gasteiger partial charge in [0, 0.05) is 11.3 Å². The lowest BCUT2D eigenvalue weighted by atomic mass is 10.2. The van der Waals surface area contributed by atoms with E-state index in [1.807, 2.05) is 35.0 Å². The Balaban J connectivity index is 1.74. The number of aromatic nitrogens is 5. The van der Waals surface area contributed by atoms with Crippen molar-refractivity contribution >= 4 is 18.1 Å². The van der Waals surface area contributed by atoms with Crippen LogP contribution in [0.5, 0.6) is 0 Å². The number of amides is 1. The third kappa shape index (κ3) is 2.36. The SMILES string of the molecule is O=C(Nn1cn[nH]c1=S)c1nn(-c2ccccc2)c2c1CCC2. The number of fused-ring (bicyclic) bond motifs is 1. The zero-order valence-electron chi connectivity index (χ0n) is 12.2. The number of benzene rings is 1. The van der Waals surface area contributed by atoms with E-state index in [9.17, 15) is 4.79 Å². The molecule has 8 heteroatoms. The summed E-state index contributed by atoms with van der Waals surface area (Å²) in [4.78, 5) is 12.6. The van der Waals surface area contributed by atoms with Crippen molar-refractivity contribution in [3.8, 4) is 5.69 Å². The molecule has 0 saturated carbocycles. The van der Waals surface area contributed by atoms with Crippen molar-refractivity contribution in [3.05, 3.63) is 58.4 Å². The van der Waals surface area contributed by atoms with Crippen LogP contribution in [0.25, 0.3) is 5.69 Å². The fourth-order valence-electron chi connectivity index (χ4n) is 2.89. The first kappa shape index (κ1) is 13.9. The van der Waals surface area contributed by atoms with Crippen LogP contribution in [-0.4, -0.2) is 30.6 Å². The molecule has 2 aromatic heterocycles. The highest BCUT2D eigenvalue weighted by Gasteiger charge is 2.27. The fraction of sp³-hybridized carbons (Fsp3) is 0.200. The normalized spacial score (nSPS) is 13.0. The molecule has 1 amide bonds. The van der Waals surface area contributed by atoms with Crippen LogP contribution in [0.15, 0.2) is 36.7 Å². The highest BCUT2D eigenvalue weighted by molar-refractivity contribution is 7.71. The number of para-hydroxylation sites is 1. The largest absolute Gasteiger partial charge is 0.291 e. The van der Waals surface area contributed by atoms with Crippen LogP contribution in [0.1, 0.15) is 28.2 Å². The molecule has 4 rings (SSSR count). The van der Waals surface area contributed by atoms with Crippen LogP contribution in [0.2, 0.25) is 0 Å². The van der Waals surface area contributed by atoms with Gasteiger partial charge >= 0.3 is 0 Å². The molecule has 0 atom stereocenters. The van der Waals surface area contributed by atoms with Crippen molar-refractivity contribution in [1.29, 1.82) is 0 Å². The molecule has 0 fully saturated rings. The molecule has 0 aliphatic heterocycles. The summed E-state index contributed by atoms with van der Waals surface area (Å²) in [6, 6.07) is 9.85. The zero-order valence-corrected chi connectivity index (χ0v) is 13.0. The smallest absolute Gasteiger partial charge is 0.266 e. The molecule has 2 N–H and O–H groups in total. The van der Waals surface area contributed by atoms with Gasteiger partial charge in [0.25, 0.3) is 5.91 Å². The first-order valence-electron chi connectivity index (χ1n) is 7.33. The van der Waals surface area contributed by atoms with E-state index in [1.165, 1.54) is 11.0 Å². The number of aromatic amines is 1. The fourth-order valence-corrected chi connectivity index (χ4v) is 3.04. The highest BCUT2D eigenvalue weighted by atomic mass is 32.1. The molecular formula is C15H14N6OS. The number of hydrogen-bond donors (Lipinski definition) is 2. The summed E-state index contributed by atoms with van der Waals surface area (Å²) >= 11 is 5.04. The molecule has 23 heavy (non-hydrogen) atoms. The summed E-state index contributed by atoms with van der Waals surface area (Å²) in [5.74, 6) is -0.282. The van der Waals surface area contributed by atoms with E-state index in [1.54, 1.807) is 0 Å². The molecular weight excluding hydrogens is 312 g/mol. The molecule has 0 radical (unpaired) electrons. The third-order valence-electron chi connectivity index (χ3n) is 3.92. The monoisotopic (exact) mass is 326 g/mol. The van der Waals surface area contributed by atoms with Crippen LogP contribution in [0.4, 0.5) is 0 Å². The quantitative estimate of drug-likeness (QED) is 0.722. The highest BCUT2D eigenvalue weighted by Crippen LogP contribution is 2.27. The summed E-state index contributed by atoms with van der Waals surface area (Å²) in [6.07, 6.45) is 4.25. The van der Waals surface area contributed by atoms with E-state index in [-0.39, 0.29) is 5.91 Å². The minimum Gasteiger partial charge on any atom is -0.266 e. The Labute approximate surface area is 136 Å². The molecule has 1 aliphatic rings. The van der Waals surface area contributed by atoms with Crippen LogP contribution in [0, 0.1) is 4.77 Å². The Kier molecular flexibility index (Phi) is 3.30. The van der Waals surface area contributed by atoms with Gasteiger partial charge in [0.15, 0.2) is 5.69 Å². The second-order valence-electron chi connectivity index (χ2n) is 5.35. The van der Waals surface area contributed by atoms with E-state index in [0.717, 1.165) is 36.2 Å². The Bertz CT molecular complexity index is 923. The second kappa shape index (κ2) is 5.47. The molecule has 7 nitrogen and oxygen atoms in total. The number of carbonyl (C=O) groups excluding carboxylic acids is 1. The van der Waals surface area contributed by atoms with Crippen molar-refractivity contribution in [2.24, 2.45) is 0 Å². The van der Waals surface area contributed by atoms with Crippen molar-refractivity contribution in [1.82, 2.24) is 24.7 Å². The van der Waals surface area contributed by atoms with Crippen LogP contribution in [0.3, 0.4) is 0 Å². The Morgan fingerprint density at radius 1 is 1.26 bits per heavy atom. The maximum atomic E-state index is 12.6. The molecule has 1 aliphatic carbocycles. The number of nitrogens with zero attached hydrogens (tertiary/aromatic N) is 4. The average molecular weight is 326 g/mol. The van der Waals surface area contributed by atoms with E-state index in [2.05, 4.69) is 20.7 Å². The first-order valence-corrected chi connectivity index (χ1v) is 7.74. The predicted molar refractivity (Wildman–Crippen MR) is 86.7 cm³/mol. The standard InChI is InChI=1S/C15H14N6OS/c22-14(19-20-9-16-17-15(20)23)13-11-7-4-8-12(11)21(18-13)10-5-2-1-3-6-10/h1-3,5-6,9H,4,7-8H2,(H,17,23)(H,19,22). The molecule has 2 heterocycles. The summed E-state index contributed by atoms with van der Waals surface area (Å²) < 4.78 is 3.57. The lowest BCUT2D eigenvalue weighted by Gasteiger charge is -2.05. The molecule has 0 unspecified atom stereocenters. The van der Waals surface area contributed by atoms with Crippen LogP contribution < -0.4 is 5.43 Å². The topological polar surface area (TPSA) is 80.5 Å². The van der Waals surface area contributed by atoms with Crippen molar-refractivity contribution < 1.29 is 4.79 Å². The number of carbonyl (C=O) groups is 1. The van der Waals surface area contributed by atoms with Gasteiger partial charge in [-0.1, -0.05) is 18.2 Å². The van der Waals surface area contributed by atoms with E-state index < -0.39 is 0 Å². The lowest BCUT2D eigenvalue weighted by molar-refractivity contribution is 0.100. The van der Waals surface area contributed by atoms with E-state index in [0.29, 0.717) is 10.5 Å². The van der Waals surface area contributed by atoms with Crippen LogP contribution in [-0.2, 0) is 12.8 Å². The maximum Gasteiger partial charge on any atom is 0.291 e. The molecule has 0 spiro atoms. The number of H-pyrrole nitrogens is 1. The number of nitrogens with one attached hydrogen (secondary N) is 2. The second-order valence-corrected chi connectivity index (χ2v) is 5.73. The molecule has 116 valence electrons. The van der Waals surface area contributed by atoms with E-state index >= 15 is 0 Å². The van der Waals surface area contributed by atoms with Gasteiger partial charge in [-0.2, -0.15) is 10.2 Å². The van der Waals surface area contributed by atoms with E-state index in [4.69, 9.17) is 12.2 Å².